The fraction of sp³-hybridized carbons (Fsp3) is 0.571. The summed E-state index contributed by atoms with van der Waals surface area (Å²) in [6.45, 7) is 4.24. The second-order valence-electron chi connectivity index (χ2n) is 5.22. The largest absolute Gasteiger partial charge is 0.317 e. The van der Waals surface area contributed by atoms with Crippen LogP contribution in [0.1, 0.15) is 19.8 Å². The van der Waals surface area contributed by atoms with E-state index < -0.39 is 21.7 Å². The first-order chi connectivity index (χ1) is 9.95. The van der Waals surface area contributed by atoms with Crippen molar-refractivity contribution in [2.75, 3.05) is 26.2 Å². The molecule has 0 bridgehead atoms. The van der Waals surface area contributed by atoms with Gasteiger partial charge in [-0.15, -0.1) is 0 Å². The van der Waals surface area contributed by atoms with Gasteiger partial charge in [0.25, 0.3) is 0 Å². The van der Waals surface area contributed by atoms with E-state index in [2.05, 4.69) is 5.32 Å². The lowest BCUT2D eigenvalue weighted by Crippen LogP contribution is -2.39. The molecule has 1 heterocycles. The second-order valence-corrected chi connectivity index (χ2v) is 7.16. The average molecular weight is 318 g/mol. The Morgan fingerprint density at radius 3 is 2.48 bits per heavy atom. The SMILES string of the molecule is CCN(CC1CCNCC1)S(=O)(=O)c1ccc(F)c(F)c1. The number of halogens is 2. The molecule has 0 unspecified atom stereocenters. The maximum atomic E-state index is 13.3. The molecule has 2 rings (SSSR count). The Hall–Kier alpha value is -1.05. The fourth-order valence-corrected chi connectivity index (χ4v) is 4.07. The van der Waals surface area contributed by atoms with Crippen LogP contribution in [0, 0.1) is 17.6 Å². The van der Waals surface area contributed by atoms with Crippen LogP contribution < -0.4 is 5.32 Å². The summed E-state index contributed by atoms with van der Waals surface area (Å²) in [6.07, 6.45) is 1.84. The van der Waals surface area contributed by atoms with E-state index in [4.69, 9.17) is 0 Å². The van der Waals surface area contributed by atoms with Crippen molar-refractivity contribution < 1.29 is 17.2 Å². The minimum Gasteiger partial charge on any atom is -0.317 e. The van der Waals surface area contributed by atoms with Crippen molar-refractivity contribution in [2.45, 2.75) is 24.7 Å². The lowest BCUT2D eigenvalue weighted by Gasteiger charge is -2.28. The first-order valence-corrected chi connectivity index (χ1v) is 8.55. The van der Waals surface area contributed by atoms with Crippen LogP contribution in [-0.2, 0) is 10.0 Å². The van der Waals surface area contributed by atoms with Crippen LogP contribution in [0.15, 0.2) is 23.1 Å². The lowest BCUT2D eigenvalue weighted by molar-refractivity contribution is 0.294. The van der Waals surface area contributed by atoms with Gasteiger partial charge in [0.1, 0.15) is 0 Å². The van der Waals surface area contributed by atoms with E-state index in [0.717, 1.165) is 44.1 Å². The van der Waals surface area contributed by atoms with Crippen molar-refractivity contribution >= 4 is 10.0 Å². The summed E-state index contributed by atoms with van der Waals surface area (Å²) in [4.78, 5) is -0.197. The van der Waals surface area contributed by atoms with Gasteiger partial charge in [0.15, 0.2) is 11.6 Å². The first kappa shape index (κ1) is 16.3. The van der Waals surface area contributed by atoms with E-state index in [-0.39, 0.29) is 4.90 Å². The minimum atomic E-state index is -3.78. The van der Waals surface area contributed by atoms with Gasteiger partial charge in [0.05, 0.1) is 4.90 Å². The summed E-state index contributed by atoms with van der Waals surface area (Å²) >= 11 is 0. The van der Waals surface area contributed by atoms with E-state index in [1.54, 1.807) is 6.92 Å². The fourth-order valence-electron chi connectivity index (χ4n) is 2.54. The zero-order valence-corrected chi connectivity index (χ0v) is 12.8. The number of nitrogens with zero attached hydrogens (tertiary/aromatic N) is 1. The van der Waals surface area contributed by atoms with Crippen LogP contribution >= 0.6 is 0 Å². The Labute approximate surface area is 124 Å². The van der Waals surface area contributed by atoms with Gasteiger partial charge < -0.3 is 5.32 Å². The van der Waals surface area contributed by atoms with Gasteiger partial charge in [0, 0.05) is 13.1 Å². The first-order valence-electron chi connectivity index (χ1n) is 7.11. The number of sulfonamides is 1. The van der Waals surface area contributed by atoms with Gasteiger partial charge >= 0.3 is 0 Å². The highest BCUT2D eigenvalue weighted by molar-refractivity contribution is 7.89. The van der Waals surface area contributed by atoms with Gasteiger partial charge in [-0.05, 0) is 50.0 Å². The minimum absolute atomic E-state index is 0.197. The zero-order valence-electron chi connectivity index (χ0n) is 12.0. The highest BCUT2D eigenvalue weighted by Gasteiger charge is 2.27. The van der Waals surface area contributed by atoms with Crippen LogP contribution in [0.3, 0.4) is 0 Å². The van der Waals surface area contributed by atoms with Crippen molar-refractivity contribution in [3.05, 3.63) is 29.8 Å². The van der Waals surface area contributed by atoms with Crippen LogP contribution in [0.2, 0.25) is 0 Å². The molecule has 0 atom stereocenters. The third kappa shape index (κ3) is 3.78. The molecule has 7 heteroatoms. The maximum absolute atomic E-state index is 13.3. The van der Waals surface area contributed by atoms with Gasteiger partial charge in [0.2, 0.25) is 10.0 Å². The van der Waals surface area contributed by atoms with E-state index >= 15 is 0 Å². The van der Waals surface area contributed by atoms with E-state index in [9.17, 15) is 17.2 Å². The zero-order chi connectivity index (χ0) is 15.5. The highest BCUT2D eigenvalue weighted by Crippen LogP contribution is 2.21. The summed E-state index contributed by atoms with van der Waals surface area (Å²) in [5.41, 5.74) is 0. The Morgan fingerprint density at radius 1 is 1.24 bits per heavy atom. The van der Waals surface area contributed by atoms with E-state index in [0.29, 0.717) is 19.0 Å². The molecule has 1 aromatic carbocycles. The molecule has 0 radical (unpaired) electrons. The quantitative estimate of drug-likeness (QED) is 0.903. The Kier molecular flexibility index (Phi) is 5.29. The molecule has 1 N–H and O–H groups in total. The van der Waals surface area contributed by atoms with Gasteiger partial charge in [-0.3, -0.25) is 0 Å². The maximum Gasteiger partial charge on any atom is 0.243 e. The van der Waals surface area contributed by atoms with Gasteiger partial charge in [-0.1, -0.05) is 6.92 Å². The van der Waals surface area contributed by atoms with Gasteiger partial charge in [-0.25, -0.2) is 17.2 Å². The number of piperidine rings is 1. The Bertz CT molecular complexity index is 587. The number of rotatable bonds is 5. The van der Waals surface area contributed by atoms with Crippen molar-refractivity contribution in [3.8, 4) is 0 Å². The average Bonchev–Trinajstić information content (AvgIpc) is 2.48. The Morgan fingerprint density at radius 2 is 1.90 bits per heavy atom. The van der Waals surface area contributed by atoms with E-state index in [1.807, 2.05) is 0 Å². The molecule has 4 nitrogen and oxygen atoms in total. The number of benzene rings is 1. The summed E-state index contributed by atoms with van der Waals surface area (Å²) in [5.74, 6) is -1.89. The smallest absolute Gasteiger partial charge is 0.243 e. The molecule has 1 aromatic rings. The summed E-state index contributed by atoms with van der Waals surface area (Å²) in [7, 11) is -3.78. The molecule has 0 aliphatic carbocycles. The molecule has 0 spiro atoms. The molecule has 0 aromatic heterocycles. The third-order valence-corrected chi connectivity index (χ3v) is 5.74. The topological polar surface area (TPSA) is 49.4 Å². The molecule has 1 aliphatic heterocycles. The molecule has 21 heavy (non-hydrogen) atoms. The van der Waals surface area contributed by atoms with Crippen molar-refractivity contribution in [3.63, 3.8) is 0 Å². The number of nitrogens with one attached hydrogen (secondary N) is 1. The van der Waals surface area contributed by atoms with Crippen LogP contribution in [-0.4, -0.2) is 38.9 Å². The molecular formula is C14H20F2N2O2S. The third-order valence-electron chi connectivity index (χ3n) is 3.80. The van der Waals surface area contributed by atoms with Crippen molar-refractivity contribution in [1.29, 1.82) is 0 Å². The number of hydrogen-bond donors (Lipinski definition) is 1. The predicted octanol–water partition coefficient (Wildman–Crippen LogP) is 1.97. The van der Waals surface area contributed by atoms with Gasteiger partial charge in [-0.2, -0.15) is 4.31 Å². The molecular weight excluding hydrogens is 298 g/mol. The normalized spacial score (nSPS) is 17.3. The van der Waals surface area contributed by atoms with Crippen LogP contribution in [0.4, 0.5) is 8.78 Å². The van der Waals surface area contributed by atoms with Crippen LogP contribution in [0.25, 0.3) is 0 Å². The predicted molar refractivity (Wildman–Crippen MR) is 76.4 cm³/mol. The lowest BCUT2D eigenvalue weighted by atomic mass is 9.98. The number of hydrogen-bond acceptors (Lipinski definition) is 3. The monoisotopic (exact) mass is 318 g/mol. The van der Waals surface area contributed by atoms with E-state index in [1.165, 1.54) is 4.31 Å². The summed E-state index contributed by atoms with van der Waals surface area (Å²) in [5, 5.41) is 3.23. The Balaban J connectivity index is 2.19. The van der Waals surface area contributed by atoms with Crippen LogP contribution in [0.5, 0.6) is 0 Å². The highest BCUT2D eigenvalue weighted by atomic mass is 32.2. The molecule has 118 valence electrons. The summed E-state index contributed by atoms with van der Waals surface area (Å²) in [6, 6.07) is 2.70. The molecule has 1 saturated heterocycles. The standard InChI is InChI=1S/C14H20F2N2O2S/c1-2-18(10-11-5-7-17-8-6-11)21(19,20)12-3-4-13(15)14(16)9-12/h3-4,9,11,17H,2,5-8,10H2,1H3. The molecule has 0 saturated carbocycles. The molecule has 1 fully saturated rings. The van der Waals surface area contributed by atoms with Crippen molar-refractivity contribution in [2.24, 2.45) is 5.92 Å². The second kappa shape index (κ2) is 6.81. The summed E-state index contributed by atoms with van der Waals surface area (Å²) < 4.78 is 52.6. The molecule has 0 amide bonds. The van der Waals surface area contributed by atoms with Crippen molar-refractivity contribution in [1.82, 2.24) is 9.62 Å². The molecule has 1 aliphatic rings.